The van der Waals surface area contributed by atoms with E-state index in [0.717, 1.165) is 18.8 Å². The van der Waals surface area contributed by atoms with Crippen LogP contribution in [0, 0.1) is 5.92 Å². The summed E-state index contributed by atoms with van der Waals surface area (Å²) in [5.41, 5.74) is 2.25. The Bertz CT molecular complexity index is 515. The van der Waals surface area contributed by atoms with Crippen molar-refractivity contribution in [3.8, 4) is 0 Å². The number of nitrogens with zero attached hydrogens (tertiary/aromatic N) is 4. The van der Waals surface area contributed by atoms with E-state index in [9.17, 15) is 0 Å². The van der Waals surface area contributed by atoms with Gasteiger partial charge in [0.1, 0.15) is 0 Å². The molecule has 0 radical (unpaired) electrons. The Morgan fingerprint density at radius 1 is 1.20 bits per heavy atom. The zero-order chi connectivity index (χ0) is 13.8. The molecule has 2 rings (SSSR count). The van der Waals surface area contributed by atoms with Crippen molar-refractivity contribution in [1.82, 2.24) is 19.6 Å². The van der Waals surface area contributed by atoms with Gasteiger partial charge < -0.3 is 5.32 Å². The molecule has 0 spiro atoms. The van der Waals surface area contributed by atoms with Gasteiger partial charge in [-0.1, -0.05) is 13.8 Å². The molecule has 5 nitrogen and oxygen atoms in total. The van der Waals surface area contributed by atoms with Crippen molar-refractivity contribution in [2.45, 2.75) is 46.8 Å². The van der Waals surface area contributed by atoms with E-state index in [2.05, 4.69) is 54.0 Å². The normalized spacial score (nSPS) is 10.9. The average molecular weight is 298 g/mol. The first-order valence-corrected chi connectivity index (χ1v) is 6.85. The largest absolute Gasteiger partial charge is 0.377 e. The fourth-order valence-electron chi connectivity index (χ4n) is 1.92. The lowest BCUT2D eigenvalue weighted by atomic mass is 10.2. The molecule has 0 aromatic carbocycles. The topological polar surface area (TPSA) is 47.7 Å². The standard InChI is InChI=1S/C14H23N5.ClH/c1-11(2)9-19-14(5-6-16-19)8-15-13-7-17-18(10-13)12(3)4;/h5-7,10-12,15H,8-9H2,1-4H3;1H. The third-order valence-corrected chi connectivity index (χ3v) is 2.95. The molecule has 0 bridgehead atoms. The summed E-state index contributed by atoms with van der Waals surface area (Å²) in [6, 6.07) is 2.45. The number of aromatic nitrogens is 4. The van der Waals surface area contributed by atoms with E-state index in [-0.39, 0.29) is 12.4 Å². The highest BCUT2D eigenvalue weighted by atomic mass is 35.5. The Kier molecular flexibility index (Phi) is 6.07. The minimum absolute atomic E-state index is 0. The van der Waals surface area contributed by atoms with Crippen LogP contribution in [0.1, 0.15) is 39.4 Å². The second-order valence-electron chi connectivity index (χ2n) is 5.55. The summed E-state index contributed by atoms with van der Waals surface area (Å²) >= 11 is 0. The van der Waals surface area contributed by atoms with Crippen molar-refractivity contribution >= 4 is 18.1 Å². The van der Waals surface area contributed by atoms with Crippen molar-refractivity contribution in [3.63, 3.8) is 0 Å². The molecule has 2 aromatic rings. The summed E-state index contributed by atoms with van der Waals surface area (Å²) in [7, 11) is 0. The van der Waals surface area contributed by atoms with Gasteiger partial charge in [-0.25, -0.2) is 0 Å². The predicted octanol–water partition coefficient (Wildman–Crippen LogP) is 3.35. The lowest BCUT2D eigenvalue weighted by molar-refractivity contribution is 0.470. The van der Waals surface area contributed by atoms with Crippen LogP contribution in [-0.2, 0) is 13.1 Å². The Morgan fingerprint density at radius 3 is 2.55 bits per heavy atom. The number of rotatable bonds is 6. The number of nitrogens with one attached hydrogen (secondary N) is 1. The van der Waals surface area contributed by atoms with E-state index < -0.39 is 0 Å². The summed E-state index contributed by atoms with van der Waals surface area (Å²) in [5.74, 6) is 0.599. The van der Waals surface area contributed by atoms with Crippen molar-refractivity contribution < 1.29 is 0 Å². The molecule has 0 amide bonds. The second-order valence-corrected chi connectivity index (χ2v) is 5.55. The zero-order valence-corrected chi connectivity index (χ0v) is 13.4. The molecule has 20 heavy (non-hydrogen) atoms. The molecule has 6 heteroatoms. The summed E-state index contributed by atoms with van der Waals surface area (Å²) in [6.45, 7) is 10.4. The van der Waals surface area contributed by atoms with Gasteiger partial charge in [0.15, 0.2) is 0 Å². The first-order chi connectivity index (χ1) is 9.06. The van der Waals surface area contributed by atoms with Crippen LogP contribution in [-0.4, -0.2) is 19.6 Å². The Labute approximate surface area is 126 Å². The van der Waals surface area contributed by atoms with Gasteiger partial charge in [-0.2, -0.15) is 10.2 Å². The summed E-state index contributed by atoms with van der Waals surface area (Å²) in [4.78, 5) is 0. The number of halogens is 1. The lowest BCUT2D eigenvalue weighted by Crippen LogP contribution is -2.12. The molecule has 0 aliphatic rings. The molecule has 0 saturated carbocycles. The monoisotopic (exact) mass is 297 g/mol. The first kappa shape index (κ1) is 16.6. The molecule has 0 fully saturated rings. The van der Waals surface area contributed by atoms with Gasteiger partial charge >= 0.3 is 0 Å². The third kappa shape index (κ3) is 4.27. The van der Waals surface area contributed by atoms with Gasteiger partial charge in [-0.3, -0.25) is 9.36 Å². The highest BCUT2D eigenvalue weighted by Gasteiger charge is 2.06. The lowest BCUT2D eigenvalue weighted by Gasteiger charge is -2.10. The molecule has 0 aliphatic heterocycles. The summed E-state index contributed by atoms with van der Waals surface area (Å²) < 4.78 is 4.01. The van der Waals surface area contributed by atoms with Crippen LogP contribution in [0.15, 0.2) is 24.7 Å². The molecule has 0 unspecified atom stereocenters. The van der Waals surface area contributed by atoms with Gasteiger partial charge in [0.2, 0.25) is 0 Å². The average Bonchev–Trinajstić information content (AvgIpc) is 2.94. The first-order valence-electron chi connectivity index (χ1n) is 6.85. The quantitative estimate of drug-likeness (QED) is 0.889. The van der Waals surface area contributed by atoms with Gasteiger partial charge in [-0.05, 0) is 25.8 Å². The maximum atomic E-state index is 4.36. The predicted molar refractivity (Wildman–Crippen MR) is 84.3 cm³/mol. The highest BCUT2D eigenvalue weighted by Crippen LogP contribution is 2.12. The Balaban J connectivity index is 0.00000200. The molecular weight excluding hydrogens is 274 g/mol. The van der Waals surface area contributed by atoms with Crippen LogP contribution in [0.3, 0.4) is 0 Å². The van der Waals surface area contributed by atoms with Gasteiger partial charge in [0, 0.05) is 25.0 Å². The fourth-order valence-corrected chi connectivity index (χ4v) is 1.92. The van der Waals surface area contributed by atoms with Crippen molar-refractivity contribution in [2.24, 2.45) is 5.92 Å². The molecule has 0 saturated heterocycles. The molecule has 2 aromatic heterocycles. The Morgan fingerprint density at radius 2 is 1.95 bits per heavy atom. The number of hydrogen-bond acceptors (Lipinski definition) is 3. The molecule has 1 N–H and O–H groups in total. The van der Waals surface area contributed by atoms with Crippen molar-refractivity contribution in [1.29, 1.82) is 0 Å². The zero-order valence-electron chi connectivity index (χ0n) is 12.6. The molecule has 2 heterocycles. The SMILES string of the molecule is CC(C)Cn1nccc1CNc1cnn(C(C)C)c1.Cl. The molecule has 0 atom stereocenters. The maximum Gasteiger partial charge on any atom is 0.0729 e. The number of anilines is 1. The van der Waals surface area contributed by atoms with Crippen LogP contribution < -0.4 is 5.32 Å². The summed E-state index contributed by atoms with van der Waals surface area (Å²) in [5, 5.41) is 12.1. The van der Waals surface area contributed by atoms with E-state index in [4.69, 9.17) is 0 Å². The van der Waals surface area contributed by atoms with Crippen LogP contribution in [0.5, 0.6) is 0 Å². The third-order valence-electron chi connectivity index (χ3n) is 2.95. The fraction of sp³-hybridized carbons (Fsp3) is 0.571. The van der Waals surface area contributed by atoms with Crippen molar-refractivity contribution in [2.75, 3.05) is 5.32 Å². The van der Waals surface area contributed by atoms with Gasteiger partial charge in [0.25, 0.3) is 0 Å². The molecular formula is C14H24ClN5. The molecule has 0 aliphatic carbocycles. The number of hydrogen-bond donors (Lipinski definition) is 1. The van der Waals surface area contributed by atoms with Crippen LogP contribution in [0.2, 0.25) is 0 Å². The highest BCUT2D eigenvalue weighted by molar-refractivity contribution is 5.85. The smallest absolute Gasteiger partial charge is 0.0729 e. The Hall–Kier alpha value is -1.49. The van der Waals surface area contributed by atoms with E-state index in [1.165, 1.54) is 5.69 Å². The minimum Gasteiger partial charge on any atom is -0.377 e. The van der Waals surface area contributed by atoms with Crippen molar-refractivity contribution in [3.05, 3.63) is 30.4 Å². The van der Waals surface area contributed by atoms with Gasteiger partial charge in [-0.15, -0.1) is 12.4 Å². The van der Waals surface area contributed by atoms with E-state index in [1.807, 2.05) is 23.3 Å². The van der Waals surface area contributed by atoms with E-state index in [1.54, 1.807) is 0 Å². The van der Waals surface area contributed by atoms with Crippen LogP contribution in [0.25, 0.3) is 0 Å². The van der Waals surface area contributed by atoms with Gasteiger partial charge in [0.05, 0.1) is 24.1 Å². The van der Waals surface area contributed by atoms with E-state index in [0.29, 0.717) is 12.0 Å². The summed E-state index contributed by atoms with van der Waals surface area (Å²) in [6.07, 6.45) is 5.76. The maximum absolute atomic E-state index is 4.36. The van der Waals surface area contributed by atoms with Crippen LogP contribution in [0.4, 0.5) is 5.69 Å². The second kappa shape index (κ2) is 7.33. The van der Waals surface area contributed by atoms with E-state index >= 15 is 0 Å². The minimum atomic E-state index is 0. The van der Waals surface area contributed by atoms with Crippen LogP contribution >= 0.6 is 12.4 Å². The molecule has 112 valence electrons.